The third-order valence-corrected chi connectivity index (χ3v) is 0.929. The van der Waals surface area contributed by atoms with E-state index in [1.807, 2.05) is 46.8 Å². The van der Waals surface area contributed by atoms with Gasteiger partial charge in [-0.05, 0) is 27.2 Å². The molecule has 1 heteroatoms. The largest absolute Gasteiger partial charge is 0.499 e. The van der Waals surface area contributed by atoms with E-state index in [0.29, 0.717) is 0 Å². The summed E-state index contributed by atoms with van der Waals surface area (Å²) in [5.41, 5.74) is 0. The summed E-state index contributed by atoms with van der Waals surface area (Å²) in [5, 5.41) is 0. The minimum Gasteiger partial charge on any atom is -0.499 e. The lowest BCUT2D eigenvalue weighted by Gasteiger charge is -1.95. The van der Waals surface area contributed by atoms with E-state index < -0.39 is 0 Å². The van der Waals surface area contributed by atoms with E-state index >= 15 is 0 Å². The number of rotatable bonds is 4. The average molecular weight is 198 g/mol. The van der Waals surface area contributed by atoms with E-state index in [2.05, 4.69) is 19.2 Å². The van der Waals surface area contributed by atoms with Crippen molar-refractivity contribution in [3.05, 3.63) is 37.1 Å². The van der Waals surface area contributed by atoms with Gasteiger partial charge in [-0.1, -0.05) is 38.7 Å². The molecule has 0 aliphatic rings. The normalized spacial score (nSPS) is 7.79. The Bertz CT molecular complexity index is 134. The van der Waals surface area contributed by atoms with Crippen molar-refractivity contribution in [2.75, 3.05) is 6.61 Å². The van der Waals surface area contributed by atoms with Crippen LogP contribution in [0.25, 0.3) is 0 Å². The lowest BCUT2D eigenvalue weighted by atomic mass is 10.4. The molecule has 0 unspecified atom stereocenters. The molecule has 0 atom stereocenters. The molecule has 0 fully saturated rings. The second kappa shape index (κ2) is 22.7. The lowest BCUT2D eigenvalue weighted by Crippen LogP contribution is -1.81. The Kier molecular flexibility index (Phi) is 30.4. The van der Waals surface area contributed by atoms with E-state index in [-0.39, 0.29) is 0 Å². The van der Waals surface area contributed by atoms with Crippen LogP contribution in [0.5, 0.6) is 0 Å². The van der Waals surface area contributed by atoms with Crippen LogP contribution < -0.4 is 0 Å². The predicted octanol–water partition coefficient (Wildman–Crippen LogP) is 4.72. The van der Waals surface area contributed by atoms with Gasteiger partial charge >= 0.3 is 0 Å². The molecule has 0 saturated carbocycles. The molecule has 0 saturated heterocycles. The van der Waals surface area contributed by atoms with Crippen LogP contribution in [-0.2, 0) is 4.74 Å². The smallest absolute Gasteiger partial charge is 0.0857 e. The molecule has 0 aliphatic carbocycles. The summed E-state index contributed by atoms with van der Waals surface area (Å²) in [7, 11) is 0. The van der Waals surface area contributed by atoms with Gasteiger partial charge in [0.15, 0.2) is 0 Å². The molecule has 0 rings (SSSR count). The molecule has 0 aliphatic heterocycles. The van der Waals surface area contributed by atoms with Gasteiger partial charge < -0.3 is 4.74 Å². The first-order chi connectivity index (χ1) is 6.68. The van der Waals surface area contributed by atoms with Crippen molar-refractivity contribution in [3.8, 4) is 0 Å². The minimum absolute atomic E-state index is 0.731. The van der Waals surface area contributed by atoms with E-state index in [1.165, 1.54) is 0 Å². The summed E-state index contributed by atoms with van der Waals surface area (Å²) >= 11 is 0. The van der Waals surface area contributed by atoms with Gasteiger partial charge in [0.2, 0.25) is 0 Å². The highest BCUT2D eigenvalue weighted by molar-refractivity contribution is 4.85. The monoisotopic (exact) mass is 198 g/mol. The molecule has 1 nitrogen and oxygen atoms in total. The van der Waals surface area contributed by atoms with Gasteiger partial charge in [0.1, 0.15) is 0 Å². The molecular weight excluding hydrogens is 172 g/mol. The van der Waals surface area contributed by atoms with Crippen LogP contribution in [0.4, 0.5) is 0 Å². The summed E-state index contributed by atoms with van der Waals surface area (Å²) < 4.78 is 4.85. The zero-order chi connectivity index (χ0) is 11.8. The first kappa shape index (κ1) is 18.7. The maximum absolute atomic E-state index is 4.85. The van der Waals surface area contributed by atoms with Crippen molar-refractivity contribution >= 4 is 0 Å². The zero-order valence-electron chi connectivity index (χ0n) is 10.5. The molecular formula is C13H26O. The quantitative estimate of drug-likeness (QED) is 0.469. The Balaban J connectivity index is -0.000000147. The Morgan fingerprint density at radius 1 is 1.36 bits per heavy atom. The number of hydrogen-bond donors (Lipinski definition) is 0. The predicted molar refractivity (Wildman–Crippen MR) is 67.4 cm³/mol. The summed E-state index contributed by atoms with van der Waals surface area (Å²) in [5.74, 6) is 0.789. The molecule has 14 heavy (non-hydrogen) atoms. The third-order valence-electron chi connectivity index (χ3n) is 0.929. The molecule has 0 radical (unpaired) electrons. The van der Waals surface area contributed by atoms with E-state index in [4.69, 9.17) is 4.74 Å². The fourth-order valence-corrected chi connectivity index (χ4v) is 0.479. The molecule has 0 aromatic heterocycles. The fraction of sp³-hybridized carbons (Fsp3) is 0.538. The van der Waals surface area contributed by atoms with E-state index in [1.54, 1.807) is 0 Å². The number of hydrogen-bond acceptors (Lipinski definition) is 1. The summed E-state index contributed by atoms with van der Waals surface area (Å²) in [6.07, 6.45) is 6.95. The topological polar surface area (TPSA) is 9.23 Å². The van der Waals surface area contributed by atoms with Crippen LogP contribution >= 0.6 is 0 Å². The summed E-state index contributed by atoms with van der Waals surface area (Å²) in [6.45, 7) is 17.6. The van der Waals surface area contributed by atoms with Gasteiger partial charge in [0.25, 0.3) is 0 Å². The summed E-state index contributed by atoms with van der Waals surface area (Å²) in [6, 6.07) is 0. The summed E-state index contributed by atoms with van der Waals surface area (Å²) in [4.78, 5) is 0. The van der Waals surface area contributed by atoms with Crippen LogP contribution in [0.1, 0.15) is 41.0 Å². The molecule has 0 spiro atoms. The maximum Gasteiger partial charge on any atom is 0.0857 e. The maximum atomic E-state index is 4.85. The Hall–Kier alpha value is -0.980. The van der Waals surface area contributed by atoms with E-state index in [0.717, 1.165) is 18.8 Å². The third kappa shape index (κ3) is 43.9. The molecule has 0 N–H and O–H groups in total. The van der Waals surface area contributed by atoms with Gasteiger partial charge in [-0.2, -0.15) is 0 Å². The fourth-order valence-electron chi connectivity index (χ4n) is 0.479. The highest BCUT2D eigenvalue weighted by Crippen LogP contribution is 1.85. The van der Waals surface area contributed by atoms with Crippen LogP contribution in [0.2, 0.25) is 0 Å². The van der Waals surface area contributed by atoms with Crippen molar-refractivity contribution in [1.82, 2.24) is 0 Å². The van der Waals surface area contributed by atoms with E-state index in [9.17, 15) is 0 Å². The Labute approximate surface area is 90.2 Å². The second-order valence-corrected chi connectivity index (χ2v) is 2.23. The molecule has 0 aromatic rings. The molecule has 84 valence electrons. The second-order valence-electron chi connectivity index (χ2n) is 2.23. The zero-order valence-corrected chi connectivity index (χ0v) is 10.5. The van der Waals surface area contributed by atoms with Crippen molar-refractivity contribution < 1.29 is 4.74 Å². The molecule has 0 bridgehead atoms. The van der Waals surface area contributed by atoms with Crippen LogP contribution in [0.3, 0.4) is 0 Å². The van der Waals surface area contributed by atoms with Crippen molar-refractivity contribution in [2.24, 2.45) is 0 Å². The van der Waals surface area contributed by atoms with Gasteiger partial charge in [-0.15, -0.1) is 6.58 Å². The van der Waals surface area contributed by atoms with Crippen LogP contribution in [0.15, 0.2) is 37.1 Å². The molecule has 0 heterocycles. The highest BCUT2D eigenvalue weighted by Gasteiger charge is 1.73. The van der Waals surface area contributed by atoms with Crippen molar-refractivity contribution in [2.45, 2.75) is 41.0 Å². The van der Waals surface area contributed by atoms with Crippen molar-refractivity contribution in [3.63, 3.8) is 0 Å². The van der Waals surface area contributed by atoms with Crippen LogP contribution in [-0.4, -0.2) is 6.61 Å². The average Bonchev–Trinajstić information content (AvgIpc) is 2.18. The number of allylic oxidation sites excluding steroid dienone is 4. The standard InChI is InChI=1S/C6H10.C5H10O.C2H6/c1-3-5-6-4-2;1-4-6-5(2)3;1-2/h3-4,6H,1,5H2,2H3;2,4H2,1,3H3;1-2H3/b6-4-;;. The van der Waals surface area contributed by atoms with Crippen LogP contribution in [0, 0.1) is 0 Å². The SMILES string of the molecule is C=C(C)OCC.C=CC/C=C\C.CC. The Morgan fingerprint density at radius 3 is 1.93 bits per heavy atom. The van der Waals surface area contributed by atoms with Gasteiger partial charge in [0.05, 0.1) is 12.4 Å². The highest BCUT2D eigenvalue weighted by atomic mass is 16.5. The first-order valence-corrected chi connectivity index (χ1v) is 5.19. The van der Waals surface area contributed by atoms with Gasteiger partial charge in [0, 0.05) is 0 Å². The molecule has 0 amide bonds. The van der Waals surface area contributed by atoms with Gasteiger partial charge in [-0.25, -0.2) is 0 Å². The minimum atomic E-state index is 0.731. The lowest BCUT2D eigenvalue weighted by molar-refractivity contribution is 0.233. The molecule has 0 aromatic carbocycles. The van der Waals surface area contributed by atoms with Crippen molar-refractivity contribution in [1.29, 1.82) is 0 Å². The Morgan fingerprint density at radius 2 is 1.86 bits per heavy atom. The van der Waals surface area contributed by atoms with Gasteiger partial charge in [-0.3, -0.25) is 0 Å². The number of ether oxygens (including phenoxy) is 1. The first-order valence-electron chi connectivity index (χ1n) is 5.19.